The van der Waals surface area contributed by atoms with Crippen molar-refractivity contribution in [2.45, 2.75) is 39.5 Å². The number of ether oxygens (including phenoxy) is 1. The van der Waals surface area contributed by atoms with Gasteiger partial charge in [-0.05, 0) is 32.4 Å². The Balaban J connectivity index is 2.20. The first kappa shape index (κ1) is 18.4. The predicted molar refractivity (Wildman–Crippen MR) is 75.1 cm³/mol. The third kappa shape index (κ3) is 3.76. The van der Waals surface area contributed by atoms with Crippen LogP contribution in [0, 0.1) is 26.7 Å². The van der Waals surface area contributed by atoms with Gasteiger partial charge in [0.15, 0.2) is 17.3 Å². The summed E-state index contributed by atoms with van der Waals surface area (Å²) in [7, 11) is 0. The number of alkyl halides is 6. The van der Waals surface area contributed by atoms with Crippen molar-refractivity contribution < 1.29 is 31.1 Å². The molecule has 24 heavy (non-hydrogen) atoms. The summed E-state index contributed by atoms with van der Waals surface area (Å²) in [6.07, 6.45) is -10.1. The summed E-state index contributed by atoms with van der Waals surface area (Å²) in [6, 6.07) is 1.54. The zero-order chi connectivity index (χ0) is 18.3. The summed E-state index contributed by atoms with van der Waals surface area (Å²) >= 11 is 0. The lowest BCUT2D eigenvalue weighted by Gasteiger charge is -2.22. The molecule has 9 heteroatoms. The van der Waals surface area contributed by atoms with Gasteiger partial charge >= 0.3 is 12.4 Å². The Bertz CT molecular complexity index is 718. The number of hydrogen-bond donors (Lipinski definition) is 0. The van der Waals surface area contributed by atoms with Crippen LogP contribution in [0.25, 0.3) is 5.65 Å². The minimum absolute atomic E-state index is 0.161. The third-order valence-corrected chi connectivity index (χ3v) is 3.75. The van der Waals surface area contributed by atoms with E-state index in [1.165, 1.54) is 6.07 Å². The van der Waals surface area contributed by atoms with E-state index in [2.05, 4.69) is 4.98 Å². The molecule has 2 aromatic rings. The van der Waals surface area contributed by atoms with E-state index in [0.717, 1.165) is 11.3 Å². The summed E-state index contributed by atoms with van der Waals surface area (Å²) in [4.78, 5) is 4.24. The second-order valence-corrected chi connectivity index (χ2v) is 5.63. The number of pyridine rings is 1. The van der Waals surface area contributed by atoms with Crippen molar-refractivity contribution in [1.82, 2.24) is 9.38 Å². The van der Waals surface area contributed by atoms with Crippen molar-refractivity contribution in [2.24, 2.45) is 5.92 Å². The maximum absolute atomic E-state index is 12.5. The van der Waals surface area contributed by atoms with E-state index >= 15 is 0 Å². The van der Waals surface area contributed by atoms with E-state index in [1.54, 1.807) is 24.4 Å². The zero-order valence-corrected chi connectivity index (χ0v) is 13.2. The van der Waals surface area contributed by atoms with Crippen LogP contribution in [0.1, 0.15) is 23.4 Å². The molecule has 0 unspecified atom stereocenters. The third-order valence-electron chi connectivity index (χ3n) is 3.75. The van der Waals surface area contributed by atoms with E-state index in [0.29, 0.717) is 11.3 Å². The smallest absolute Gasteiger partial charge is 0.400 e. The summed E-state index contributed by atoms with van der Waals surface area (Å²) < 4.78 is 82.0. The fraction of sp³-hybridized carbons (Fsp3) is 0.533. The number of nitrogens with zero attached hydrogens (tertiary/aromatic N) is 2. The molecule has 0 amide bonds. The molecule has 0 aliphatic carbocycles. The molecule has 2 aromatic heterocycles. The van der Waals surface area contributed by atoms with Gasteiger partial charge in [-0.2, -0.15) is 26.3 Å². The molecule has 0 aromatic carbocycles. The molecule has 0 aliphatic rings. The monoisotopic (exact) mass is 354 g/mol. The summed E-state index contributed by atoms with van der Waals surface area (Å²) in [5, 5.41) is 0. The van der Waals surface area contributed by atoms with E-state index in [1.807, 2.05) is 6.92 Å². The van der Waals surface area contributed by atoms with Crippen molar-refractivity contribution in [2.75, 3.05) is 6.61 Å². The molecule has 0 saturated carbocycles. The Kier molecular flexibility index (Phi) is 4.74. The average molecular weight is 354 g/mol. The number of rotatable bonds is 4. The lowest BCUT2D eigenvalue weighted by molar-refractivity contribution is -0.286. The van der Waals surface area contributed by atoms with Gasteiger partial charge in [0.05, 0.1) is 12.3 Å². The van der Waals surface area contributed by atoms with Gasteiger partial charge in [0.25, 0.3) is 0 Å². The SMILES string of the molecule is Cc1cc(OCCC(C(F)(F)F)C(F)(F)F)c2nc(C)c(C)n2c1. The van der Waals surface area contributed by atoms with Crippen molar-refractivity contribution in [3.63, 3.8) is 0 Å². The van der Waals surface area contributed by atoms with Crippen LogP contribution in [0.15, 0.2) is 12.3 Å². The van der Waals surface area contributed by atoms with E-state index in [-0.39, 0.29) is 5.75 Å². The number of hydrogen-bond acceptors (Lipinski definition) is 2. The fourth-order valence-electron chi connectivity index (χ4n) is 2.38. The first-order chi connectivity index (χ1) is 10.9. The Morgan fingerprint density at radius 1 is 1.08 bits per heavy atom. The van der Waals surface area contributed by atoms with Gasteiger partial charge < -0.3 is 9.14 Å². The van der Waals surface area contributed by atoms with Gasteiger partial charge in [0, 0.05) is 18.3 Å². The first-order valence-electron chi connectivity index (χ1n) is 7.13. The molecule has 134 valence electrons. The number of aromatic nitrogens is 2. The highest BCUT2D eigenvalue weighted by molar-refractivity contribution is 5.57. The van der Waals surface area contributed by atoms with Crippen LogP contribution in [0.5, 0.6) is 5.75 Å². The van der Waals surface area contributed by atoms with E-state index < -0.39 is 31.3 Å². The topological polar surface area (TPSA) is 26.5 Å². The maximum Gasteiger partial charge on any atom is 0.400 e. The van der Waals surface area contributed by atoms with Crippen LogP contribution >= 0.6 is 0 Å². The molecule has 0 aliphatic heterocycles. The second-order valence-electron chi connectivity index (χ2n) is 5.63. The van der Waals surface area contributed by atoms with Gasteiger partial charge in [0.1, 0.15) is 0 Å². The standard InChI is InChI=1S/C15H16F6N2O/c1-8-6-11(13-22-9(2)10(3)23(13)7-8)24-5-4-12(14(16,17)18)15(19,20)21/h6-7,12H,4-5H2,1-3H3. The van der Waals surface area contributed by atoms with Crippen LogP contribution in [0.2, 0.25) is 0 Å². The lowest BCUT2D eigenvalue weighted by atomic mass is 10.1. The van der Waals surface area contributed by atoms with Gasteiger partial charge in [-0.1, -0.05) is 0 Å². The Hall–Kier alpha value is -1.93. The molecule has 0 fully saturated rings. The summed E-state index contributed by atoms with van der Waals surface area (Å²) in [5.74, 6) is -3.25. The van der Waals surface area contributed by atoms with E-state index in [9.17, 15) is 26.3 Å². The first-order valence-corrected chi connectivity index (χ1v) is 7.13. The number of halogens is 6. The highest BCUT2D eigenvalue weighted by atomic mass is 19.4. The Morgan fingerprint density at radius 2 is 1.67 bits per heavy atom. The molecule has 2 heterocycles. The Morgan fingerprint density at radius 3 is 2.21 bits per heavy atom. The molecule has 3 nitrogen and oxygen atoms in total. The Labute approximate surface area is 134 Å². The molecule has 0 bridgehead atoms. The largest absolute Gasteiger partial charge is 0.490 e. The van der Waals surface area contributed by atoms with Crippen LogP contribution in [-0.4, -0.2) is 28.3 Å². The predicted octanol–water partition coefficient (Wildman–Crippen LogP) is 4.77. The van der Waals surface area contributed by atoms with Crippen LogP contribution < -0.4 is 4.74 Å². The van der Waals surface area contributed by atoms with Gasteiger partial charge in [0.2, 0.25) is 0 Å². The van der Waals surface area contributed by atoms with Gasteiger partial charge in [-0.3, -0.25) is 0 Å². The molecule has 2 rings (SSSR count). The minimum atomic E-state index is -5.36. The average Bonchev–Trinajstić information content (AvgIpc) is 2.68. The van der Waals surface area contributed by atoms with Gasteiger partial charge in [-0.15, -0.1) is 0 Å². The molecule has 0 atom stereocenters. The number of fused-ring (bicyclic) bond motifs is 1. The number of imidazole rings is 1. The molecule has 0 saturated heterocycles. The minimum Gasteiger partial charge on any atom is -0.490 e. The van der Waals surface area contributed by atoms with Crippen molar-refractivity contribution in [1.29, 1.82) is 0 Å². The lowest BCUT2D eigenvalue weighted by Crippen LogP contribution is -2.37. The van der Waals surface area contributed by atoms with Crippen LogP contribution in [0.3, 0.4) is 0 Å². The molecule has 0 spiro atoms. The van der Waals surface area contributed by atoms with Crippen LogP contribution in [-0.2, 0) is 0 Å². The maximum atomic E-state index is 12.5. The fourth-order valence-corrected chi connectivity index (χ4v) is 2.38. The highest BCUT2D eigenvalue weighted by Crippen LogP contribution is 2.41. The molecule has 0 radical (unpaired) electrons. The highest BCUT2D eigenvalue weighted by Gasteiger charge is 2.56. The van der Waals surface area contributed by atoms with Crippen molar-refractivity contribution in [3.8, 4) is 5.75 Å². The van der Waals surface area contributed by atoms with Gasteiger partial charge in [-0.25, -0.2) is 4.98 Å². The van der Waals surface area contributed by atoms with Crippen molar-refractivity contribution in [3.05, 3.63) is 29.2 Å². The van der Waals surface area contributed by atoms with E-state index in [4.69, 9.17) is 4.74 Å². The molecular formula is C15H16F6N2O. The number of aryl methyl sites for hydroxylation is 3. The van der Waals surface area contributed by atoms with Crippen LogP contribution in [0.4, 0.5) is 26.3 Å². The second kappa shape index (κ2) is 6.18. The summed E-state index contributed by atoms with van der Waals surface area (Å²) in [6.45, 7) is 4.59. The molecule has 0 N–H and O–H groups in total. The zero-order valence-electron chi connectivity index (χ0n) is 13.2. The quantitative estimate of drug-likeness (QED) is 0.740. The summed E-state index contributed by atoms with van der Waals surface area (Å²) in [5.41, 5.74) is 2.64. The molecular weight excluding hydrogens is 338 g/mol. The van der Waals surface area contributed by atoms with Crippen molar-refractivity contribution >= 4 is 5.65 Å². The normalized spacial score (nSPS) is 13.1.